The van der Waals surface area contributed by atoms with Gasteiger partial charge in [-0.1, -0.05) is 19.1 Å². The highest BCUT2D eigenvalue weighted by Gasteiger charge is 2.31. The monoisotopic (exact) mass is 409 g/mol. The van der Waals surface area contributed by atoms with Crippen LogP contribution in [0, 0.1) is 12.7 Å². The first kappa shape index (κ1) is 22.5. The summed E-state index contributed by atoms with van der Waals surface area (Å²) in [6, 6.07) is 7.90. The van der Waals surface area contributed by atoms with Crippen LogP contribution in [0.5, 0.6) is 5.75 Å². The zero-order valence-electron chi connectivity index (χ0n) is 16.7. The molecule has 1 amide bonds. The molecule has 0 aliphatic carbocycles. The Morgan fingerprint density at radius 1 is 1.10 bits per heavy atom. The fraction of sp³-hybridized carbons (Fsp3) is 0.318. The van der Waals surface area contributed by atoms with Gasteiger partial charge in [-0.15, -0.1) is 13.2 Å². The summed E-state index contributed by atoms with van der Waals surface area (Å²) >= 11 is 0. The number of hydrogen-bond donors (Lipinski definition) is 1. The molecule has 3 nitrogen and oxygen atoms in total. The molecule has 0 heterocycles. The fourth-order valence-corrected chi connectivity index (χ4v) is 2.95. The van der Waals surface area contributed by atoms with E-state index in [1.807, 2.05) is 6.92 Å². The summed E-state index contributed by atoms with van der Waals surface area (Å²) in [6.07, 6.45) is -3.98. The second-order valence-electron chi connectivity index (χ2n) is 6.70. The highest BCUT2D eigenvalue weighted by Crippen LogP contribution is 2.33. The van der Waals surface area contributed by atoms with Crippen LogP contribution in [0.25, 0.3) is 16.7 Å². The Bertz CT molecular complexity index is 916. The SMILES string of the molecule is CCCNC(=O)/C(C)=C(\C)c1cc(F)cc(-c2ccc(OC(F)(F)F)cc2)c1C. The number of carbonyl (C=O) groups is 1. The van der Waals surface area contributed by atoms with Gasteiger partial charge in [0, 0.05) is 12.1 Å². The van der Waals surface area contributed by atoms with Crippen LogP contribution in [0.3, 0.4) is 0 Å². The Labute approximate surface area is 167 Å². The number of hydrogen-bond acceptors (Lipinski definition) is 2. The largest absolute Gasteiger partial charge is 0.573 e. The number of amides is 1. The minimum absolute atomic E-state index is 0.219. The van der Waals surface area contributed by atoms with Crippen molar-refractivity contribution >= 4 is 11.5 Å². The molecule has 0 unspecified atom stereocenters. The lowest BCUT2D eigenvalue weighted by atomic mass is 9.91. The number of allylic oxidation sites excluding steroid dienone is 1. The Morgan fingerprint density at radius 2 is 1.72 bits per heavy atom. The smallest absolute Gasteiger partial charge is 0.406 e. The van der Waals surface area contributed by atoms with Crippen LogP contribution in [0.1, 0.15) is 38.3 Å². The number of alkyl halides is 3. The maximum Gasteiger partial charge on any atom is 0.573 e. The van der Waals surface area contributed by atoms with Gasteiger partial charge in [0.1, 0.15) is 11.6 Å². The zero-order chi connectivity index (χ0) is 21.8. The molecule has 2 aromatic carbocycles. The first-order chi connectivity index (χ1) is 13.5. The van der Waals surface area contributed by atoms with Crippen LogP contribution in [0.2, 0.25) is 0 Å². The van der Waals surface area contributed by atoms with Crippen molar-refractivity contribution < 1.29 is 27.1 Å². The van der Waals surface area contributed by atoms with Crippen molar-refractivity contribution in [1.29, 1.82) is 0 Å². The molecule has 0 aliphatic rings. The van der Waals surface area contributed by atoms with Gasteiger partial charge in [0.05, 0.1) is 0 Å². The van der Waals surface area contributed by atoms with Crippen LogP contribution in [0.15, 0.2) is 42.0 Å². The zero-order valence-corrected chi connectivity index (χ0v) is 16.7. The van der Waals surface area contributed by atoms with Crippen molar-refractivity contribution in [2.75, 3.05) is 6.54 Å². The molecule has 0 saturated heterocycles. The van der Waals surface area contributed by atoms with Gasteiger partial charge in [-0.2, -0.15) is 0 Å². The van der Waals surface area contributed by atoms with E-state index in [9.17, 15) is 22.4 Å². The molecule has 0 aliphatic heterocycles. The molecule has 0 saturated carbocycles. The van der Waals surface area contributed by atoms with E-state index < -0.39 is 12.2 Å². The third-order valence-corrected chi connectivity index (χ3v) is 4.61. The summed E-state index contributed by atoms with van der Waals surface area (Å²) in [5.74, 6) is -1.07. The van der Waals surface area contributed by atoms with Crippen molar-refractivity contribution in [3.8, 4) is 16.9 Å². The molecule has 0 spiro atoms. The van der Waals surface area contributed by atoms with Gasteiger partial charge in [-0.25, -0.2) is 4.39 Å². The van der Waals surface area contributed by atoms with E-state index in [0.29, 0.717) is 34.4 Å². The van der Waals surface area contributed by atoms with E-state index in [2.05, 4.69) is 10.1 Å². The van der Waals surface area contributed by atoms with Gasteiger partial charge < -0.3 is 10.1 Å². The lowest BCUT2D eigenvalue weighted by Crippen LogP contribution is -2.25. The van der Waals surface area contributed by atoms with Crippen molar-refractivity contribution in [3.05, 3.63) is 58.9 Å². The number of ether oxygens (including phenoxy) is 1. The third kappa shape index (κ3) is 5.82. The lowest BCUT2D eigenvalue weighted by molar-refractivity contribution is -0.274. The number of carbonyl (C=O) groups excluding carboxylic acids is 1. The minimum Gasteiger partial charge on any atom is -0.406 e. The number of nitrogens with one attached hydrogen (secondary N) is 1. The summed E-state index contributed by atoms with van der Waals surface area (Å²) in [7, 11) is 0. The fourth-order valence-electron chi connectivity index (χ4n) is 2.95. The second-order valence-corrected chi connectivity index (χ2v) is 6.70. The number of rotatable bonds is 6. The Balaban J connectivity index is 2.44. The van der Waals surface area contributed by atoms with Crippen molar-refractivity contribution in [2.24, 2.45) is 0 Å². The first-order valence-corrected chi connectivity index (χ1v) is 9.16. The van der Waals surface area contributed by atoms with Gasteiger partial charge in [0.25, 0.3) is 0 Å². The highest BCUT2D eigenvalue weighted by atomic mass is 19.4. The molecule has 2 aromatic rings. The normalized spacial score (nSPS) is 12.4. The highest BCUT2D eigenvalue weighted by molar-refractivity contribution is 6.00. The second kappa shape index (κ2) is 9.11. The first-order valence-electron chi connectivity index (χ1n) is 9.16. The predicted octanol–water partition coefficient (Wildman–Crippen LogP) is 6.02. The molecule has 0 bridgehead atoms. The molecule has 0 atom stereocenters. The topological polar surface area (TPSA) is 38.3 Å². The van der Waals surface area contributed by atoms with Gasteiger partial charge in [-0.3, -0.25) is 4.79 Å². The van der Waals surface area contributed by atoms with Crippen LogP contribution in [0.4, 0.5) is 17.6 Å². The average Bonchev–Trinajstić information content (AvgIpc) is 2.66. The maximum atomic E-state index is 14.3. The summed E-state index contributed by atoms with van der Waals surface area (Å²) in [6.45, 7) is 7.69. The molecule has 156 valence electrons. The number of halogens is 4. The van der Waals surface area contributed by atoms with Crippen molar-refractivity contribution in [2.45, 2.75) is 40.5 Å². The van der Waals surface area contributed by atoms with E-state index in [0.717, 1.165) is 12.0 Å². The molecular weight excluding hydrogens is 386 g/mol. The molecule has 0 fully saturated rings. The van der Waals surface area contributed by atoms with E-state index in [1.165, 1.54) is 36.4 Å². The van der Waals surface area contributed by atoms with Gasteiger partial charge in [0.15, 0.2) is 0 Å². The Morgan fingerprint density at radius 3 is 2.28 bits per heavy atom. The number of benzene rings is 2. The summed E-state index contributed by atoms with van der Waals surface area (Å²) in [5.41, 5.74) is 3.47. The molecule has 1 N–H and O–H groups in total. The minimum atomic E-state index is -4.78. The summed E-state index contributed by atoms with van der Waals surface area (Å²) in [4.78, 5) is 12.3. The predicted molar refractivity (Wildman–Crippen MR) is 105 cm³/mol. The van der Waals surface area contributed by atoms with Crippen molar-refractivity contribution in [1.82, 2.24) is 5.32 Å². The Kier molecular flexibility index (Phi) is 7.06. The molecular formula is C22H23F4NO2. The van der Waals surface area contributed by atoms with Crippen LogP contribution >= 0.6 is 0 Å². The van der Waals surface area contributed by atoms with Gasteiger partial charge in [0.2, 0.25) is 5.91 Å². The summed E-state index contributed by atoms with van der Waals surface area (Å²) in [5, 5.41) is 2.79. The molecule has 29 heavy (non-hydrogen) atoms. The average molecular weight is 409 g/mol. The van der Waals surface area contributed by atoms with Crippen LogP contribution in [-0.4, -0.2) is 18.8 Å². The molecule has 2 rings (SSSR count). The lowest BCUT2D eigenvalue weighted by Gasteiger charge is -2.16. The van der Waals surface area contributed by atoms with Crippen LogP contribution in [-0.2, 0) is 4.79 Å². The van der Waals surface area contributed by atoms with Gasteiger partial charge >= 0.3 is 6.36 Å². The van der Waals surface area contributed by atoms with Crippen molar-refractivity contribution in [3.63, 3.8) is 0 Å². The quantitative estimate of drug-likeness (QED) is 0.468. The maximum absolute atomic E-state index is 14.3. The van der Waals surface area contributed by atoms with Crippen LogP contribution < -0.4 is 10.1 Å². The van der Waals surface area contributed by atoms with E-state index in [-0.39, 0.29) is 11.7 Å². The van der Waals surface area contributed by atoms with E-state index >= 15 is 0 Å². The molecule has 0 aromatic heterocycles. The van der Waals surface area contributed by atoms with Gasteiger partial charge in [-0.05, 0) is 79.3 Å². The molecule has 7 heteroatoms. The van der Waals surface area contributed by atoms with E-state index in [4.69, 9.17) is 0 Å². The standard InChI is InChI=1S/C22H23F4NO2/c1-5-10-27-21(28)14(3)13(2)19-11-17(23)12-20(15(19)4)16-6-8-18(9-7-16)29-22(24,25)26/h6-9,11-12H,5,10H2,1-4H3,(H,27,28)/b14-13+. The molecule has 0 radical (unpaired) electrons. The third-order valence-electron chi connectivity index (χ3n) is 4.61. The van der Waals surface area contributed by atoms with E-state index in [1.54, 1.807) is 20.8 Å². The summed E-state index contributed by atoms with van der Waals surface area (Å²) < 4.78 is 55.2. The Hall–Kier alpha value is -2.83.